The lowest BCUT2D eigenvalue weighted by molar-refractivity contribution is -0.122. The number of hydrogen-bond donors (Lipinski definition) is 1. The molecular formula is C9H18N2O. The van der Waals surface area contributed by atoms with E-state index in [4.69, 9.17) is 0 Å². The van der Waals surface area contributed by atoms with E-state index in [1.54, 1.807) is 6.92 Å². The van der Waals surface area contributed by atoms with E-state index in [0.717, 1.165) is 19.6 Å². The summed E-state index contributed by atoms with van der Waals surface area (Å²) < 4.78 is 0. The van der Waals surface area contributed by atoms with E-state index in [1.165, 1.54) is 0 Å². The quantitative estimate of drug-likeness (QED) is 0.645. The Morgan fingerprint density at radius 3 is 2.83 bits per heavy atom. The largest absolute Gasteiger partial charge is 0.314 e. The summed E-state index contributed by atoms with van der Waals surface area (Å²) in [4.78, 5) is 13.4. The van der Waals surface area contributed by atoms with Crippen LogP contribution in [0, 0.1) is 0 Å². The second kappa shape index (κ2) is 4.01. The van der Waals surface area contributed by atoms with Gasteiger partial charge in [0.15, 0.2) is 0 Å². The van der Waals surface area contributed by atoms with Gasteiger partial charge in [0, 0.05) is 25.7 Å². The molecule has 0 spiro atoms. The molecule has 0 aromatic heterocycles. The lowest BCUT2D eigenvalue weighted by atomic mass is 10.1. The second-order valence-electron chi connectivity index (χ2n) is 3.58. The normalized spacial score (nSPS) is 28.4. The van der Waals surface area contributed by atoms with Crippen LogP contribution in [0.15, 0.2) is 0 Å². The zero-order valence-electron chi connectivity index (χ0n) is 8.13. The lowest BCUT2D eigenvalue weighted by Gasteiger charge is -2.37. The Labute approximate surface area is 74.1 Å². The van der Waals surface area contributed by atoms with Gasteiger partial charge in [0.1, 0.15) is 5.78 Å². The summed E-state index contributed by atoms with van der Waals surface area (Å²) in [5, 5.41) is 3.31. The zero-order chi connectivity index (χ0) is 9.14. The van der Waals surface area contributed by atoms with Crippen molar-refractivity contribution in [2.75, 3.05) is 19.6 Å². The Bertz CT molecular complexity index is 170. The first kappa shape index (κ1) is 9.68. The molecule has 0 saturated carbocycles. The molecule has 2 atom stereocenters. The van der Waals surface area contributed by atoms with Gasteiger partial charge >= 0.3 is 0 Å². The topological polar surface area (TPSA) is 32.3 Å². The predicted molar refractivity (Wildman–Crippen MR) is 49.2 cm³/mol. The van der Waals surface area contributed by atoms with Crippen molar-refractivity contribution < 1.29 is 4.79 Å². The third-order valence-corrected chi connectivity index (χ3v) is 2.64. The first-order valence-corrected chi connectivity index (χ1v) is 4.60. The van der Waals surface area contributed by atoms with E-state index in [2.05, 4.69) is 17.1 Å². The first-order valence-electron chi connectivity index (χ1n) is 4.60. The summed E-state index contributed by atoms with van der Waals surface area (Å²) in [6.07, 6.45) is 0. The molecule has 0 bridgehead atoms. The van der Waals surface area contributed by atoms with Crippen LogP contribution >= 0.6 is 0 Å². The van der Waals surface area contributed by atoms with Gasteiger partial charge in [-0.1, -0.05) is 0 Å². The van der Waals surface area contributed by atoms with Gasteiger partial charge in [-0.3, -0.25) is 9.69 Å². The van der Waals surface area contributed by atoms with Crippen LogP contribution in [-0.4, -0.2) is 42.4 Å². The van der Waals surface area contributed by atoms with Gasteiger partial charge in [0.2, 0.25) is 0 Å². The fraction of sp³-hybridized carbons (Fsp3) is 0.889. The third-order valence-electron chi connectivity index (χ3n) is 2.64. The van der Waals surface area contributed by atoms with E-state index >= 15 is 0 Å². The Morgan fingerprint density at radius 1 is 1.67 bits per heavy atom. The lowest BCUT2D eigenvalue weighted by Crippen LogP contribution is -2.54. The van der Waals surface area contributed by atoms with Gasteiger partial charge in [0.25, 0.3) is 0 Å². The third kappa shape index (κ3) is 2.05. The molecule has 70 valence electrons. The molecule has 2 unspecified atom stereocenters. The van der Waals surface area contributed by atoms with Crippen LogP contribution in [-0.2, 0) is 4.79 Å². The molecule has 3 heteroatoms. The zero-order valence-corrected chi connectivity index (χ0v) is 8.13. The summed E-state index contributed by atoms with van der Waals surface area (Å²) >= 11 is 0. The van der Waals surface area contributed by atoms with Gasteiger partial charge in [-0.2, -0.15) is 0 Å². The highest BCUT2D eigenvalue weighted by Gasteiger charge is 2.24. The monoisotopic (exact) mass is 170 g/mol. The minimum Gasteiger partial charge on any atom is -0.314 e. The Hall–Kier alpha value is -0.410. The summed E-state index contributed by atoms with van der Waals surface area (Å²) in [7, 11) is 0. The van der Waals surface area contributed by atoms with Crippen molar-refractivity contribution in [2.45, 2.75) is 32.9 Å². The smallest absolute Gasteiger partial charge is 0.146 e. The number of nitrogens with zero attached hydrogens (tertiary/aromatic N) is 1. The number of carbonyl (C=O) groups is 1. The maximum atomic E-state index is 11.1. The Balaban J connectivity index is 2.53. The van der Waals surface area contributed by atoms with Gasteiger partial charge in [-0.15, -0.1) is 0 Å². The van der Waals surface area contributed by atoms with Crippen molar-refractivity contribution in [1.29, 1.82) is 0 Å². The first-order chi connectivity index (χ1) is 5.63. The molecule has 1 heterocycles. The van der Waals surface area contributed by atoms with Crippen molar-refractivity contribution in [3.05, 3.63) is 0 Å². The maximum absolute atomic E-state index is 11.1. The number of Topliss-reactive ketones (excluding diaryl/α,β-unsaturated/α-hetero) is 1. The van der Waals surface area contributed by atoms with Gasteiger partial charge in [-0.25, -0.2) is 0 Å². The molecule has 1 rings (SSSR count). The van der Waals surface area contributed by atoms with Crippen LogP contribution in [0.4, 0.5) is 0 Å². The molecule has 1 aliphatic heterocycles. The summed E-state index contributed by atoms with van der Waals surface area (Å²) in [5.74, 6) is 0.267. The van der Waals surface area contributed by atoms with Crippen molar-refractivity contribution in [3.63, 3.8) is 0 Å². The SMILES string of the molecule is CC(=O)C(C)N1CCNCC1C. The van der Waals surface area contributed by atoms with Crippen LogP contribution in [0.5, 0.6) is 0 Å². The fourth-order valence-electron chi connectivity index (χ4n) is 1.67. The van der Waals surface area contributed by atoms with E-state index in [9.17, 15) is 4.79 Å². The molecule has 1 N–H and O–H groups in total. The van der Waals surface area contributed by atoms with Gasteiger partial charge in [-0.05, 0) is 20.8 Å². The van der Waals surface area contributed by atoms with Crippen LogP contribution in [0.25, 0.3) is 0 Å². The van der Waals surface area contributed by atoms with Crippen molar-refractivity contribution in [1.82, 2.24) is 10.2 Å². The van der Waals surface area contributed by atoms with E-state index in [-0.39, 0.29) is 11.8 Å². The van der Waals surface area contributed by atoms with Gasteiger partial charge < -0.3 is 5.32 Å². The summed E-state index contributed by atoms with van der Waals surface area (Å²) in [6, 6.07) is 0.569. The highest BCUT2D eigenvalue weighted by atomic mass is 16.1. The average molecular weight is 170 g/mol. The number of piperazine rings is 1. The molecule has 0 radical (unpaired) electrons. The molecular weight excluding hydrogens is 152 g/mol. The highest BCUT2D eigenvalue weighted by Crippen LogP contribution is 2.08. The van der Waals surface area contributed by atoms with Crippen LogP contribution in [0.1, 0.15) is 20.8 Å². The second-order valence-corrected chi connectivity index (χ2v) is 3.58. The van der Waals surface area contributed by atoms with E-state index in [0.29, 0.717) is 6.04 Å². The molecule has 0 aliphatic carbocycles. The number of ketones is 1. The molecule has 12 heavy (non-hydrogen) atoms. The van der Waals surface area contributed by atoms with Crippen LogP contribution in [0.2, 0.25) is 0 Å². The molecule has 3 nitrogen and oxygen atoms in total. The number of nitrogens with one attached hydrogen (secondary N) is 1. The predicted octanol–water partition coefficient (Wildman–Crippen LogP) is 0.258. The molecule has 0 aromatic rings. The summed E-state index contributed by atoms with van der Waals surface area (Å²) in [6.45, 7) is 8.80. The summed E-state index contributed by atoms with van der Waals surface area (Å²) in [5.41, 5.74) is 0. The van der Waals surface area contributed by atoms with Crippen molar-refractivity contribution in [2.24, 2.45) is 0 Å². The van der Waals surface area contributed by atoms with Crippen molar-refractivity contribution >= 4 is 5.78 Å². The molecule has 1 fully saturated rings. The minimum atomic E-state index is 0.0853. The fourth-order valence-corrected chi connectivity index (χ4v) is 1.67. The van der Waals surface area contributed by atoms with Crippen LogP contribution in [0.3, 0.4) is 0 Å². The van der Waals surface area contributed by atoms with Crippen molar-refractivity contribution in [3.8, 4) is 0 Å². The minimum absolute atomic E-state index is 0.0853. The van der Waals surface area contributed by atoms with Gasteiger partial charge in [0.05, 0.1) is 6.04 Å². The molecule has 1 aliphatic rings. The molecule has 0 amide bonds. The number of hydrogen-bond acceptors (Lipinski definition) is 3. The Kier molecular flexibility index (Phi) is 3.23. The Morgan fingerprint density at radius 2 is 2.33 bits per heavy atom. The highest BCUT2D eigenvalue weighted by molar-refractivity contribution is 5.81. The number of rotatable bonds is 2. The molecule has 1 saturated heterocycles. The maximum Gasteiger partial charge on any atom is 0.146 e. The number of carbonyl (C=O) groups excluding carboxylic acids is 1. The standard InChI is InChI=1S/C9H18N2O/c1-7-6-10-4-5-11(7)8(2)9(3)12/h7-8,10H,4-6H2,1-3H3. The van der Waals surface area contributed by atoms with E-state index < -0.39 is 0 Å². The van der Waals surface area contributed by atoms with E-state index in [1.807, 2.05) is 6.92 Å². The molecule has 0 aromatic carbocycles. The average Bonchev–Trinajstić information content (AvgIpc) is 2.04. The van der Waals surface area contributed by atoms with Crippen LogP contribution < -0.4 is 5.32 Å².